The molecule has 0 radical (unpaired) electrons. The molecule has 0 spiro atoms. The normalized spacial score (nSPS) is 13.5. The van der Waals surface area contributed by atoms with Gasteiger partial charge in [-0.2, -0.15) is 18.3 Å². The van der Waals surface area contributed by atoms with Crippen LogP contribution in [-0.4, -0.2) is 15.8 Å². The molecule has 0 fully saturated rings. The zero-order valence-corrected chi connectivity index (χ0v) is 10.7. The second kappa shape index (κ2) is 5.24. The fraction of sp³-hybridized carbons (Fsp3) is 0.308. The van der Waals surface area contributed by atoms with E-state index in [0.29, 0.717) is 6.20 Å². The van der Waals surface area contributed by atoms with Crippen molar-refractivity contribution in [2.45, 2.75) is 25.6 Å². The van der Waals surface area contributed by atoms with Crippen LogP contribution in [0.25, 0.3) is 5.69 Å². The zero-order chi connectivity index (χ0) is 14.9. The van der Waals surface area contributed by atoms with Crippen LogP contribution < -0.4 is 5.73 Å². The fourth-order valence-electron chi connectivity index (χ4n) is 1.89. The third-order valence-electron chi connectivity index (χ3n) is 2.78. The molecule has 108 valence electrons. The highest BCUT2D eigenvalue weighted by Crippen LogP contribution is 2.29. The number of rotatable bonds is 3. The van der Waals surface area contributed by atoms with Gasteiger partial charge >= 0.3 is 6.18 Å². The largest absolute Gasteiger partial charge is 0.419 e. The molecule has 20 heavy (non-hydrogen) atoms. The minimum Gasteiger partial charge on any atom is -0.328 e. The maximum atomic E-state index is 13.8. The van der Waals surface area contributed by atoms with Crippen molar-refractivity contribution < 1.29 is 17.6 Å². The third kappa shape index (κ3) is 2.98. The van der Waals surface area contributed by atoms with Crippen molar-refractivity contribution in [1.82, 2.24) is 9.78 Å². The molecule has 1 heterocycles. The molecule has 0 aliphatic rings. The van der Waals surface area contributed by atoms with E-state index in [2.05, 4.69) is 5.10 Å². The summed E-state index contributed by atoms with van der Waals surface area (Å²) in [6.45, 7) is 1.69. The molecule has 0 aliphatic carbocycles. The lowest BCUT2D eigenvalue weighted by atomic mass is 10.0. The van der Waals surface area contributed by atoms with Crippen LogP contribution in [0.1, 0.15) is 18.1 Å². The SMILES string of the molecule is CC(N)Cc1c(F)cccc1-n1cc(C(F)(F)F)cn1. The van der Waals surface area contributed by atoms with Crippen molar-refractivity contribution in [1.29, 1.82) is 0 Å². The first kappa shape index (κ1) is 14.5. The summed E-state index contributed by atoms with van der Waals surface area (Å²) in [5, 5.41) is 3.65. The molecule has 0 saturated carbocycles. The maximum Gasteiger partial charge on any atom is 0.419 e. The molecular formula is C13H13F4N3. The van der Waals surface area contributed by atoms with Crippen LogP contribution in [0.4, 0.5) is 17.6 Å². The van der Waals surface area contributed by atoms with E-state index in [1.54, 1.807) is 6.92 Å². The number of nitrogens with zero attached hydrogens (tertiary/aromatic N) is 2. The molecule has 3 nitrogen and oxygen atoms in total. The molecule has 2 aromatic rings. The molecule has 0 aliphatic heterocycles. The highest BCUT2D eigenvalue weighted by Gasteiger charge is 2.32. The van der Waals surface area contributed by atoms with Crippen molar-refractivity contribution in [3.8, 4) is 5.69 Å². The van der Waals surface area contributed by atoms with Crippen LogP contribution in [-0.2, 0) is 12.6 Å². The van der Waals surface area contributed by atoms with Crippen LogP contribution in [0, 0.1) is 5.82 Å². The Morgan fingerprint density at radius 3 is 2.60 bits per heavy atom. The van der Waals surface area contributed by atoms with E-state index < -0.39 is 17.6 Å². The fourth-order valence-corrected chi connectivity index (χ4v) is 1.89. The Labute approximate surface area is 113 Å². The van der Waals surface area contributed by atoms with Gasteiger partial charge in [0.05, 0.1) is 17.4 Å². The van der Waals surface area contributed by atoms with Gasteiger partial charge in [-0.15, -0.1) is 0 Å². The smallest absolute Gasteiger partial charge is 0.328 e. The Kier molecular flexibility index (Phi) is 3.80. The first-order valence-corrected chi connectivity index (χ1v) is 5.94. The van der Waals surface area contributed by atoms with Crippen molar-refractivity contribution in [3.05, 3.63) is 47.5 Å². The number of alkyl halides is 3. The summed E-state index contributed by atoms with van der Waals surface area (Å²) < 4.78 is 52.5. The first-order valence-electron chi connectivity index (χ1n) is 5.94. The Morgan fingerprint density at radius 2 is 2.05 bits per heavy atom. The van der Waals surface area contributed by atoms with Gasteiger partial charge in [0.1, 0.15) is 5.82 Å². The molecule has 1 unspecified atom stereocenters. The van der Waals surface area contributed by atoms with Crippen LogP contribution in [0.5, 0.6) is 0 Å². The van der Waals surface area contributed by atoms with E-state index in [1.165, 1.54) is 18.2 Å². The van der Waals surface area contributed by atoms with Crippen molar-refractivity contribution in [2.75, 3.05) is 0 Å². The van der Waals surface area contributed by atoms with Crippen LogP contribution in [0.15, 0.2) is 30.6 Å². The van der Waals surface area contributed by atoms with Gasteiger partial charge in [-0.25, -0.2) is 9.07 Å². The van der Waals surface area contributed by atoms with Gasteiger partial charge in [0.2, 0.25) is 0 Å². The second-order valence-corrected chi connectivity index (χ2v) is 4.59. The van der Waals surface area contributed by atoms with E-state index in [0.717, 1.165) is 10.9 Å². The number of hydrogen-bond donors (Lipinski definition) is 1. The summed E-state index contributed by atoms with van der Waals surface area (Å²) in [5.41, 5.74) is 5.27. The monoisotopic (exact) mass is 287 g/mol. The van der Waals surface area contributed by atoms with Gasteiger partial charge in [-0.05, 0) is 25.5 Å². The van der Waals surface area contributed by atoms with Crippen LogP contribution in [0.2, 0.25) is 0 Å². The van der Waals surface area contributed by atoms with E-state index in [9.17, 15) is 17.6 Å². The third-order valence-corrected chi connectivity index (χ3v) is 2.78. The predicted molar refractivity (Wildman–Crippen MR) is 65.9 cm³/mol. The Morgan fingerprint density at radius 1 is 1.35 bits per heavy atom. The van der Waals surface area contributed by atoms with Gasteiger partial charge in [-0.3, -0.25) is 0 Å². The second-order valence-electron chi connectivity index (χ2n) is 4.59. The summed E-state index contributed by atoms with van der Waals surface area (Å²) in [6, 6.07) is 3.86. The topological polar surface area (TPSA) is 43.8 Å². The summed E-state index contributed by atoms with van der Waals surface area (Å²) in [6.07, 6.45) is -2.73. The maximum absolute atomic E-state index is 13.8. The van der Waals surface area contributed by atoms with Gasteiger partial charge < -0.3 is 5.73 Å². The average molecular weight is 287 g/mol. The summed E-state index contributed by atoms with van der Waals surface area (Å²) in [4.78, 5) is 0. The number of halogens is 4. The molecular weight excluding hydrogens is 274 g/mol. The minimum atomic E-state index is -4.48. The molecule has 2 rings (SSSR count). The van der Waals surface area contributed by atoms with Crippen LogP contribution >= 0.6 is 0 Å². The van der Waals surface area contributed by atoms with Crippen molar-refractivity contribution in [3.63, 3.8) is 0 Å². The zero-order valence-electron chi connectivity index (χ0n) is 10.7. The molecule has 7 heteroatoms. The Balaban J connectivity index is 2.47. The highest BCUT2D eigenvalue weighted by molar-refractivity contribution is 5.42. The molecule has 0 saturated heterocycles. The summed E-state index contributed by atoms with van der Waals surface area (Å²) in [5.74, 6) is -0.510. The Bertz CT molecular complexity index is 602. The first-order chi connectivity index (χ1) is 9.29. The molecule has 2 N–H and O–H groups in total. The summed E-state index contributed by atoms with van der Waals surface area (Å²) in [7, 11) is 0. The molecule has 1 aromatic carbocycles. The quantitative estimate of drug-likeness (QED) is 0.882. The molecule has 0 bridgehead atoms. The van der Waals surface area contributed by atoms with Crippen LogP contribution in [0.3, 0.4) is 0 Å². The number of aromatic nitrogens is 2. The van der Waals surface area contributed by atoms with Gasteiger partial charge in [0.15, 0.2) is 0 Å². The number of nitrogens with two attached hydrogens (primary N) is 1. The standard InChI is InChI=1S/C13H13F4N3/c1-8(18)5-10-11(14)3-2-4-12(10)20-7-9(6-19-20)13(15,16)17/h2-4,6-8H,5,18H2,1H3. The van der Waals surface area contributed by atoms with Crippen molar-refractivity contribution in [2.24, 2.45) is 5.73 Å². The average Bonchev–Trinajstić information content (AvgIpc) is 2.80. The van der Waals surface area contributed by atoms with E-state index >= 15 is 0 Å². The number of benzene rings is 1. The van der Waals surface area contributed by atoms with Crippen molar-refractivity contribution >= 4 is 0 Å². The predicted octanol–water partition coefficient (Wildman–Crippen LogP) is 2.92. The van der Waals surface area contributed by atoms with E-state index in [-0.39, 0.29) is 23.7 Å². The lowest BCUT2D eigenvalue weighted by Gasteiger charge is -2.12. The summed E-state index contributed by atoms with van der Waals surface area (Å²) >= 11 is 0. The van der Waals surface area contributed by atoms with E-state index in [1.807, 2.05) is 0 Å². The van der Waals surface area contributed by atoms with E-state index in [4.69, 9.17) is 5.73 Å². The molecule has 1 aromatic heterocycles. The number of hydrogen-bond acceptors (Lipinski definition) is 2. The molecule has 0 amide bonds. The lowest BCUT2D eigenvalue weighted by molar-refractivity contribution is -0.137. The van der Waals surface area contributed by atoms with Gasteiger partial charge in [0, 0.05) is 17.8 Å². The van der Waals surface area contributed by atoms with Gasteiger partial charge in [0.25, 0.3) is 0 Å². The lowest BCUT2D eigenvalue weighted by Crippen LogP contribution is -2.20. The Hall–Kier alpha value is -1.89. The minimum absolute atomic E-state index is 0.212. The highest BCUT2D eigenvalue weighted by atomic mass is 19.4. The van der Waals surface area contributed by atoms with Gasteiger partial charge in [-0.1, -0.05) is 6.07 Å². The molecule has 1 atom stereocenters.